The van der Waals surface area contributed by atoms with E-state index in [1.165, 1.54) is 31.4 Å². The maximum atomic E-state index is 4.78. The van der Waals surface area contributed by atoms with Crippen LogP contribution in [-0.2, 0) is 0 Å². The molecule has 1 heterocycles. The predicted molar refractivity (Wildman–Crippen MR) is 98.8 cm³/mol. The normalized spacial score (nSPS) is 21.1. The van der Waals surface area contributed by atoms with E-state index < -0.39 is 0 Å². The molecule has 0 amide bonds. The van der Waals surface area contributed by atoms with Gasteiger partial charge >= 0.3 is 0 Å². The van der Waals surface area contributed by atoms with Crippen molar-refractivity contribution in [2.24, 2.45) is 10.4 Å². The average Bonchev–Trinajstić information content (AvgIpc) is 2.85. The molecule has 1 aliphatic carbocycles. The van der Waals surface area contributed by atoms with Gasteiger partial charge in [0.15, 0.2) is 5.17 Å². The summed E-state index contributed by atoms with van der Waals surface area (Å²) in [5.74, 6) is 1.20. The maximum Gasteiger partial charge on any atom is 0.161 e. The Balaban J connectivity index is 1.75. The van der Waals surface area contributed by atoms with Crippen LogP contribution >= 0.6 is 59.6 Å². The molecule has 1 saturated carbocycles. The number of nitrogens with zero attached hydrogens (tertiary/aromatic N) is 1. The van der Waals surface area contributed by atoms with E-state index in [9.17, 15) is 0 Å². The Hall–Kier alpha value is 0.480. The molecule has 0 saturated heterocycles. The quantitative estimate of drug-likeness (QED) is 0.527. The summed E-state index contributed by atoms with van der Waals surface area (Å²) < 4.78 is 3.11. The highest BCUT2D eigenvalue weighted by molar-refractivity contribution is 9.11. The molecule has 6 heteroatoms. The van der Waals surface area contributed by atoms with E-state index >= 15 is 0 Å². The Morgan fingerprint density at radius 2 is 1.75 bits per heavy atom. The number of hydrogen-bond donors (Lipinski definition) is 1. The summed E-state index contributed by atoms with van der Waals surface area (Å²) in [5, 5.41) is 4.48. The number of amidine groups is 1. The van der Waals surface area contributed by atoms with Crippen LogP contribution in [-0.4, -0.2) is 17.5 Å². The highest BCUT2D eigenvalue weighted by Gasteiger charge is 2.36. The molecule has 0 bridgehead atoms. The van der Waals surface area contributed by atoms with Crippen LogP contribution in [0.25, 0.3) is 0 Å². The molecule has 1 aromatic carbocycles. The number of rotatable bonds is 1. The van der Waals surface area contributed by atoms with Crippen LogP contribution < -0.4 is 5.32 Å². The summed E-state index contributed by atoms with van der Waals surface area (Å²) in [6.07, 6.45) is 5.45. The maximum absolute atomic E-state index is 4.78. The summed E-state index contributed by atoms with van der Waals surface area (Å²) in [6.45, 7) is 0.980. The van der Waals surface area contributed by atoms with E-state index in [1.807, 2.05) is 23.9 Å². The molecule has 1 fully saturated rings. The summed E-state index contributed by atoms with van der Waals surface area (Å²) in [5.41, 5.74) is 1.53. The van der Waals surface area contributed by atoms with Gasteiger partial charge in [-0.1, -0.05) is 40.5 Å². The Labute approximate surface area is 149 Å². The lowest BCUT2D eigenvalue weighted by Gasteiger charge is -2.31. The van der Waals surface area contributed by atoms with Crippen molar-refractivity contribution in [1.82, 2.24) is 0 Å². The Kier molecular flexibility index (Phi) is 4.85. The third-order valence-corrected chi connectivity index (χ3v) is 6.95. The number of anilines is 1. The fraction of sp³-hybridized carbons (Fsp3) is 0.500. The molecule has 0 atom stereocenters. The van der Waals surface area contributed by atoms with Crippen LogP contribution in [0, 0.1) is 5.41 Å². The summed E-state index contributed by atoms with van der Waals surface area (Å²) in [7, 11) is 0. The molecule has 2 aliphatic rings. The van der Waals surface area contributed by atoms with Gasteiger partial charge in [-0.25, -0.2) is 0 Å². The monoisotopic (exact) mass is 480 g/mol. The molecule has 3 rings (SSSR count). The minimum Gasteiger partial charge on any atom is -0.333 e. The molecule has 0 unspecified atom stereocenters. The standard InChI is InChI=1S/C14H15Br3N2S/c15-9-5-10(16)12(11(17)6-9)19-13-18-7-14(8-20-13)3-1-2-4-14/h5-6H,1-4,7-8H2,(H,18,19). The third-order valence-electron chi connectivity index (χ3n) is 3.98. The third kappa shape index (κ3) is 3.28. The Morgan fingerprint density at radius 1 is 1.10 bits per heavy atom. The van der Waals surface area contributed by atoms with Crippen molar-refractivity contribution in [3.05, 3.63) is 25.6 Å². The van der Waals surface area contributed by atoms with Crippen LogP contribution in [0.5, 0.6) is 0 Å². The number of aliphatic imine (C=N–C) groups is 1. The largest absolute Gasteiger partial charge is 0.333 e. The first kappa shape index (κ1) is 15.4. The van der Waals surface area contributed by atoms with Gasteiger partial charge in [-0.2, -0.15) is 0 Å². The zero-order valence-corrected chi connectivity index (χ0v) is 16.5. The van der Waals surface area contributed by atoms with Gasteiger partial charge in [0, 0.05) is 25.7 Å². The number of hydrogen-bond acceptors (Lipinski definition) is 3. The number of nitrogens with one attached hydrogen (secondary N) is 1. The van der Waals surface area contributed by atoms with Crippen molar-refractivity contribution in [2.45, 2.75) is 25.7 Å². The van der Waals surface area contributed by atoms with Gasteiger partial charge < -0.3 is 5.32 Å². The highest BCUT2D eigenvalue weighted by Crippen LogP contribution is 2.44. The van der Waals surface area contributed by atoms with Crippen molar-refractivity contribution < 1.29 is 0 Å². The van der Waals surface area contributed by atoms with Gasteiger partial charge in [0.1, 0.15) is 0 Å². The lowest BCUT2D eigenvalue weighted by molar-refractivity contribution is 0.359. The van der Waals surface area contributed by atoms with Gasteiger partial charge in [0.25, 0.3) is 0 Å². The van der Waals surface area contributed by atoms with Crippen LogP contribution in [0.3, 0.4) is 0 Å². The molecule has 0 radical (unpaired) electrons. The van der Waals surface area contributed by atoms with Crippen molar-refractivity contribution in [3.8, 4) is 0 Å². The molecule has 1 aromatic rings. The zero-order valence-electron chi connectivity index (χ0n) is 10.9. The second-order valence-electron chi connectivity index (χ2n) is 5.49. The number of benzene rings is 1. The first-order valence-corrected chi connectivity index (χ1v) is 10.0. The van der Waals surface area contributed by atoms with Gasteiger partial charge in [-0.3, -0.25) is 4.99 Å². The highest BCUT2D eigenvalue weighted by atomic mass is 79.9. The van der Waals surface area contributed by atoms with Crippen molar-refractivity contribution >= 4 is 70.4 Å². The van der Waals surface area contributed by atoms with E-state index in [2.05, 4.69) is 53.1 Å². The molecule has 2 nitrogen and oxygen atoms in total. The van der Waals surface area contributed by atoms with E-state index in [-0.39, 0.29) is 0 Å². The minimum atomic E-state index is 0.490. The van der Waals surface area contributed by atoms with Gasteiger partial charge in [-0.15, -0.1) is 0 Å². The number of halogens is 3. The predicted octanol–water partition coefficient (Wildman–Crippen LogP) is 6.05. The summed E-state index contributed by atoms with van der Waals surface area (Å²) in [6, 6.07) is 4.08. The first-order chi connectivity index (χ1) is 9.58. The fourth-order valence-electron chi connectivity index (χ4n) is 2.82. The molecular formula is C14H15Br3N2S. The van der Waals surface area contributed by atoms with Gasteiger partial charge in [-0.05, 0) is 62.2 Å². The van der Waals surface area contributed by atoms with Crippen molar-refractivity contribution in [3.63, 3.8) is 0 Å². The van der Waals surface area contributed by atoms with E-state index in [0.29, 0.717) is 5.41 Å². The van der Waals surface area contributed by atoms with Crippen LogP contribution in [0.15, 0.2) is 30.5 Å². The smallest absolute Gasteiger partial charge is 0.161 e. The molecular weight excluding hydrogens is 468 g/mol. The van der Waals surface area contributed by atoms with Gasteiger partial charge in [0.2, 0.25) is 0 Å². The SMILES string of the molecule is Brc1cc(Br)c(NC2=NCC3(CCCC3)CS2)c(Br)c1. The lowest BCUT2D eigenvalue weighted by Crippen LogP contribution is -2.30. The van der Waals surface area contributed by atoms with Crippen molar-refractivity contribution in [2.75, 3.05) is 17.6 Å². The van der Waals surface area contributed by atoms with Gasteiger partial charge in [0.05, 0.1) is 5.69 Å². The van der Waals surface area contributed by atoms with E-state index in [4.69, 9.17) is 4.99 Å². The Morgan fingerprint density at radius 3 is 2.30 bits per heavy atom. The summed E-state index contributed by atoms with van der Waals surface area (Å²) >= 11 is 12.5. The molecule has 108 valence electrons. The van der Waals surface area contributed by atoms with Crippen molar-refractivity contribution in [1.29, 1.82) is 0 Å². The number of thioether (sulfide) groups is 1. The van der Waals surface area contributed by atoms with Crippen LogP contribution in [0.4, 0.5) is 5.69 Å². The minimum absolute atomic E-state index is 0.490. The summed E-state index contributed by atoms with van der Waals surface area (Å²) in [4.78, 5) is 4.78. The molecule has 1 spiro atoms. The molecule has 1 N–H and O–H groups in total. The molecule has 20 heavy (non-hydrogen) atoms. The first-order valence-electron chi connectivity index (χ1n) is 6.67. The van der Waals surface area contributed by atoms with E-state index in [1.54, 1.807) is 0 Å². The second kappa shape index (κ2) is 6.31. The molecule has 1 aliphatic heterocycles. The van der Waals surface area contributed by atoms with Crippen LogP contribution in [0.1, 0.15) is 25.7 Å². The topological polar surface area (TPSA) is 24.4 Å². The van der Waals surface area contributed by atoms with Crippen LogP contribution in [0.2, 0.25) is 0 Å². The zero-order chi connectivity index (χ0) is 14.2. The lowest BCUT2D eigenvalue weighted by atomic mass is 9.89. The fourth-order valence-corrected chi connectivity index (χ4v) is 6.43. The average molecular weight is 483 g/mol. The van der Waals surface area contributed by atoms with E-state index in [0.717, 1.165) is 30.8 Å². The second-order valence-corrected chi connectivity index (χ2v) is 9.07. The Bertz CT molecular complexity index is 530. The molecule has 0 aromatic heterocycles.